The monoisotopic (exact) mass is 379 g/mol. The Balaban J connectivity index is 1.89. The second kappa shape index (κ2) is 7.17. The molecule has 0 amide bonds. The van der Waals surface area contributed by atoms with E-state index in [1.165, 1.54) is 23.0 Å². The lowest BCUT2D eigenvalue weighted by Gasteiger charge is -2.09. The number of halogens is 4. The van der Waals surface area contributed by atoms with Gasteiger partial charge >= 0.3 is 6.18 Å². The number of aryl methyl sites for hydroxylation is 1. The Morgan fingerprint density at radius 3 is 2.69 bits per heavy atom. The highest BCUT2D eigenvalue weighted by molar-refractivity contribution is 6.32. The predicted octanol–water partition coefficient (Wildman–Crippen LogP) is 4.69. The van der Waals surface area contributed by atoms with E-state index in [0.717, 1.165) is 12.1 Å². The van der Waals surface area contributed by atoms with Crippen molar-refractivity contribution in [2.45, 2.75) is 13.1 Å². The molecule has 0 aliphatic heterocycles. The molecule has 1 aromatic carbocycles. The fourth-order valence-electron chi connectivity index (χ4n) is 2.23. The Hall–Kier alpha value is -2.87. The molecule has 0 atom stereocenters. The lowest BCUT2D eigenvalue weighted by atomic mass is 10.2. The van der Waals surface area contributed by atoms with E-state index in [1.807, 2.05) is 0 Å². The molecule has 0 aliphatic carbocycles. The number of hydrogen-bond acceptors (Lipinski definition) is 4. The molecule has 3 rings (SSSR count). The van der Waals surface area contributed by atoms with Gasteiger partial charge in [0.15, 0.2) is 0 Å². The maximum atomic E-state index is 12.9. The summed E-state index contributed by atoms with van der Waals surface area (Å²) >= 11 is 6.30. The Kier molecular flexibility index (Phi) is 4.94. The fraction of sp³-hybridized carbons (Fsp3) is 0.118. The molecule has 2 heterocycles. The summed E-state index contributed by atoms with van der Waals surface area (Å²) < 4.78 is 39.9. The fourth-order valence-corrected chi connectivity index (χ4v) is 2.56. The maximum Gasteiger partial charge on any atom is 0.416 e. The first-order valence-corrected chi connectivity index (χ1v) is 7.87. The lowest BCUT2D eigenvalue weighted by Crippen LogP contribution is -2.06. The molecule has 0 saturated heterocycles. The summed E-state index contributed by atoms with van der Waals surface area (Å²) in [5, 5.41) is 8.41. The number of hydrazone groups is 1. The summed E-state index contributed by atoms with van der Waals surface area (Å²) in [6.07, 6.45) is -1.38. The Labute approximate surface area is 152 Å². The van der Waals surface area contributed by atoms with Crippen LogP contribution in [0.3, 0.4) is 0 Å². The van der Waals surface area contributed by atoms with Crippen LogP contribution in [0.4, 0.5) is 19.0 Å². The Morgan fingerprint density at radius 1 is 1.19 bits per heavy atom. The second-order valence-corrected chi connectivity index (χ2v) is 5.69. The van der Waals surface area contributed by atoms with Crippen LogP contribution in [0.1, 0.15) is 16.8 Å². The van der Waals surface area contributed by atoms with Crippen molar-refractivity contribution in [3.8, 4) is 5.69 Å². The molecular formula is C17H13ClF3N5. The van der Waals surface area contributed by atoms with Gasteiger partial charge in [-0.05, 0) is 37.3 Å². The van der Waals surface area contributed by atoms with E-state index >= 15 is 0 Å². The summed E-state index contributed by atoms with van der Waals surface area (Å²) in [6.45, 7) is 1.69. The molecule has 3 aromatic rings. The summed E-state index contributed by atoms with van der Waals surface area (Å²) in [7, 11) is 0. The van der Waals surface area contributed by atoms with E-state index in [1.54, 1.807) is 31.3 Å². The van der Waals surface area contributed by atoms with Crippen LogP contribution in [0.2, 0.25) is 5.15 Å². The quantitative estimate of drug-likeness (QED) is 0.528. The first kappa shape index (κ1) is 17.9. The highest BCUT2D eigenvalue weighted by Gasteiger charge is 2.30. The number of alkyl halides is 3. The van der Waals surface area contributed by atoms with Gasteiger partial charge in [0, 0.05) is 6.20 Å². The van der Waals surface area contributed by atoms with E-state index in [2.05, 4.69) is 20.6 Å². The van der Waals surface area contributed by atoms with Crippen molar-refractivity contribution >= 4 is 23.6 Å². The van der Waals surface area contributed by atoms with Gasteiger partial charge in [0.1, 0.15) is 11.0 Å². The molecule has 5 nitrogen and oxygen atoms in total. The van der Waals surface area contributed by atoms with E-state index in [0.29, 0.717) is 17.1 Å². The molecule has 0 unspecified atom stereocenters. The molecule has 0 fully saturated rings. The third-order valence-electron chi connectivity index (χ3n) is 3.50. The van der Waals surface area contributed by atoms with Crippen molar-refractivity contribution in [1.82, 2.24) is 14.8 Å². The minimum absolute atomic E-state index is 0.161. The zero-order chi connectivity index (χ0) is 18.7. The number of anilines is 1. The van der Waals surface area contributed by atoms with Crippen LogP contribution < -0.4 is 5.43 Å². The second-order valence-electron chi connectivity index (χ2n) is 5.33. The van der Waals surface area contributed by atoms with Crippen molar-refractivity contribution in [3.05, 3.63) is 70.6 Å². The van der Waals surface area contributed by atoms with E-state index < -0.39 is 11.7 Å². The van der Waals surface area contributed by atoms with Crippen LogP contribution in [0, 0.1) is 6.92 Å². The van der Waals surface area contributed by atoms with Crippen LogP contribution in [-0.4, -0.2) is 21.0 Å². The largest absolute Gasteiger partial charge is 0.416 e. The van der Waals surface area contributed by atoms with Gasteiger partial charge in [0.05, 0.1) is 28.7 Å². The zero-order valence-electron chi connectivity index (χ0n) is 13.5. The summed E-state index contributed by atoms with van der Waals surface area (Å²) in [5.41, 5.74) is 3.20. The molecule has 9 heteroatoms. The minimum Gasteiger partial charge on any atom is -0.261 e. The summed E-state index contributed by atoms with van der Waals surface area (Å²) in [4.78, 5) is 4.06. The van der Waals surface area contributed by atoms with Crippen molar-refractivity contribution in [1.29, 1.82) is 0 Å². The highest BCUT2D eigenvalue weighted by atomic mass is 35.5. The number of pyridine rings is 1. The van der Waals surface area contributed by atoms with Gasteiger partial charge in [-0.3, -0.25) is 5.43 Å². The van der Waals surface area contributed by atoms with Crippen LogP contribution in [0.5, 0.6) is 0 Å². The topological polar surface area (TPSA) is 55.1 Å². The first-order valence-electron chi connectivity index (χ1n) is 7.49. The van der Waals surface area contributed by atoms with Gasteiger partial charge in [-0.1, -0.05) is 23.7 Å². The number of rotatable bonds is 4. The normalized spacial score (nSPS) is 11.9. The standard InChI is InChI=1S/C17H13ClF3N5/c1-11-14(10-23-24-15-7-2-3-8-22-15)16(18)26(25-11)13-6-4-5-12(9-13)17(19,20)21/h2-10H,1H3,(H,22,24). The highest BCUT2D eigenvalue weighted by Crippen LogP contribution is 2.31. The van der Waals surface area contributed by atoms with Crippen molar-refractivity contribution in [3.63, 3.8) is 0 Å². The van der Waals surface area contributed by atoms with Gasteiger partial charge in [0.2, 0.25) is 0 Å². The molecule has 0 bridgehead atoms. The van der Waals surface area contributed by atoms with Gasteiger partial charge in [0.25, 0.3) is 0 Å². The summed E-state index contributed by atoms with van der Waals surface area (Å²) in [6, 6.07) is 10.1. The molecule has 0 spiro atoms. The number of nitrogens with one attached hydrogen (secondary N) is 1. The Morgan fingerprint density at radius 2 is 2.00 bits per heavy atom. The number of nitrogens with zero attached hydrogens (tertiary/aromatic N) is 4. The third-order valence-corrected chi connectivity index (χ3v) is 3.87. The van der Waals surface area contributed by atoms with Crippen LogP contribution in [0.15, 0.2) is 53.8 Å². The molecule has 0 saturated carbocycles. The van der Waals surface area contributed by atoms with Crippen LogP contribution in [-0.2, 0) is 6.18 Å². The first-order chi connectivity index (χ1) is 12.4. The number of benzene rings is 1. The van der Waals surface area contributed by atoms with Gasteiger partial charge in [-0.15, -0.1) is 0 Å². The molecule has 26 heavy (non-hydrogen) atoms. The number of aromatic nitrogens is 3. The molecule has 1 N–H and O–H groups in total. The predicted molar refractivity (Wildman–Crippen MR) is 93.8 cm³/mol. The average Bonchev–Trinajstić information content (AvgIpc) is 2.90. The smallest absolute Gasteiger partial charge is 0.261 e. The molecule has 0 radical (unpaired) electrons. The molecular weight excluding hydrogens is 367 g/mol. The van der Waals surface area contributed by atoms with E-state index in [9.17, 15) is 13.2 Å². The van der Waals surface area contributed by atoms with Crippen LogP contribution >= 0.6 is 11.6 Å². The molecule has 134 valence electrons. The molecule has 2 aromatic heterocycles. The van der Waals surface area contributed by atoms with Crippen LogP contribution in [0.25, 0.3) is 5.69 Å². The van der Waals surface area contributed by atoms with Gasteiger partial charge < -0.3 is 0 Å². The average molecular weight is 380 g/mol. The molecule has 0 aliphatic rings. The number of hydrogen-bond donors (Lipinski definition) is 1. The lowest BCUT2D eigenvalue weighted by molar-refractivity contribution is -0.137. The maximum absolute atomic E-state index is 12.9. The van der Waals surface area contributed by atoms with Crippen molar-refractivity contribution in [2.24, 2.45) is 5.10 Å². The van der Waals surface area contributed by atoms with Gasteiger partial charge in [-0.25, -0.2) is 9.67 Å². The van der Waals surface area contributed by atoms with Crippen molar-refractivity contribution < 1.29 is 13.2 Å². The Bertz CT molecular complexity index is 935. The minimum atomic E-state index is -4.44. The van der Waals surface area contributed by atoms with E-state index in [4.69, 9.17) is 11.6 Å². The SMILES string of the molecule is Cc1nn(-c2cccc(C(F)(F)F)c2)c(Cl)c1C=NNc1ccccn1. The van der Waals surface area contributed by atoms with Gasteiger partial charge in [-0.2, -0.15) is 23.4 Å². The summed E-state index contributed by atoms with van der Waals surface area (Å²) in [5.74, 6) is 0.544. The van der Waals surface area contributed by atoms with E-state index in [-0.39, 0.29) is 10.8 Å². The van der Waals surface area contributed by atoms with Crippen molar-refractivity contribution in [2.75, 3.05) is 5.43 Å². The third kappa shape index (κ3) is 3.85. The zero-order valence-corrected chi connectivity index (χ0v) is 14.3.